The number of carbonyl (C=O) groups excluding carboxylic acids is 1. The molecule has 2 aliphatic carbocycles. The van der Waals surface area contributed by atoms with Gasteiger partial charge in [0, 0.05) is 23.4 Å². The standard InChI is InChI=1S/C25H25NO5/c1-15(17-11-10-16(24(27)28)12-23(17)26)13-30-25(29)31-14-22-20-8-4-2-6-18(20)19-7-3-5-9-21(19)22/h2-6,8-12,15,19,22H,7,13-14,26H2,1H3,(H,27,28). The zero-order valence-electron chi connectivity index (χ0n) is 17.3. The number of allylic oxidation sites excluding steroid dienone is 3. The van der Waals surface area contributed by atoms with E-state index in [1.165, 1.54) is 28.8 Å². The average molecular weight is 419 g/mol. The van der Waals surface area contributed by atoms with Crippen molar-refractivity contribution in [1.29, 1.82) is 0 Å². The van der Waals surface area contributed by atoms with Gasteiger partial charge in [0.15, 0.2) is 0 Å². The molecule has 2 aromatic carbocycles. The van der Waals surface area contributed by atoms with Crippen LogP contribution in [0.4, 0.5) is 10.5 Å². The van der Waals surface area contributed by atoms with Crippen LogP contribution in [0, 0.1) is 0 Å². The van der Waals surface area contributed by atoms with Gasteiger partial charge in [-0.15, -0.1) is 0 Å². The topological polar surface area (TPSA) is 98.8 Å². The Morgan fingerprint density at radius 1 is 1.16 bits per heavy atom. The van der Waals surface area contributed by atoms with Gasteiger partial charge in [0.1, 0.15) is 13.2 Å². The van der Waals surface area contributed by atoms with Gasteiger partial charge in [-0.2, -0.15) is 0 Å². The van der Waals surface area contributed by atoms with Crippen LogP contribution in [-0.4, -0.2) is 30.4 Å². The predicted octanol–water partition coefficient (Wildman–Crippen LogP) is 4.99. The van der Waals surface area contributed by atoms with Crippen molar-refractivity contribution in [3.8, 4) is 0 Å². The van der Waals surface area contributed by atoms with Gasteiger partial charge in [0.25, 0.3) is 0 Å². The SMILES string of the molecule is CC(COC(=O)OCC1C2=CC=CCC2c2ccccc21)c1ccc(C(=O)O)cc1N. The highest BCUT2D eigenvalue weighted by atomic mass is 16.7. The third kappa shape index (κ3) is 4.19. The highest BCUT2D eigenvalue weighted by Gasteiger charge is 2.36. The Labute approximate surface area is 181 Å². The molecule has 4 rings (SSSR count). The van der Waals surface area contributed by atoms with Crippen LogP contribution in [0.3, 0.4) is 0 Å². The first-order valence-electron chi connectivity index (χ1n) is 10.3. The molecule has 2 aromatic rings. The van der Waals surface area contributed by atoms with Gasteiger partial charge >= 0.3 is 12.1 Å². The molecule has 3 N–H and O–H groups in total. The second-order valence-corrected chi connectivity index (χ2v) is 7.99. The van der Waals surface area contributed by atoms with Crippen molar-refractivity contribution < 1.29 is 24.2 Å². The lowest BCUT2D eigenvalue weighted by Crippen LogP contribution is -2.17. The largest absolute Gasteiger partial charge is 0.508 e. The van der Waals surface area contributed by atoms with Crippen LogP contribution in [-0.2, 0) is 9.47 Å². The van der Waals surface area contributed by atoms with Crippen LogP contribution >= 0.6 is 0 Å². The van der Waals surface area contributed by atoms with Crippen molar-refractivity contribution >= 4 is 17.8 Å². The fourth-order valence-corrected chi connectivity index (χ4v) is 4.46. The van der Waals surface area contributed by atoms with Crippen LogP contribution < -0.4 is 5.73 Å². The van der Waals surface area contributed by atoms with Crippen LogP contribution in [0.5, 0.6) is 0 Å². The number of hydrogen-bond donors (Lipinski definition) is 2. The number of benzene rings is 2. The fourth-order valence-electron chi connectivity index (χ4n) is 4.46. The number of carboxylic acids is 1. The molecule has 160 valence electrons. The Morgan fingerprint density at radius 3 is 2.68 bits per heavy atom. The molecule has 0 fully saturated rings. The van der Waals surface area contributed by atoms with Crippen molar-refractivity contribution in [2.45, 2.75) is 31.1 Å². The van der Waals surface area contributed by atoms with Gasteiger partial charge in [-0.1, -0.05) is 61.1 Å². The zero-order chi connectivity index (χ0) is 22.0. The lowest BCUT2D eigenvalue weighted by atomic mass is 9.88. The molecule has 0 spiro atoms. The Kier molecular flexibility index (Phi) is 5.80. The molecular weight excluding hydrogens is 394 g/mol. The fraction of sp³-hybridized carbons (Fsp3) is 0.280. The second kappa shape index (κ2) is 8.68. The third-order valence-corrected chi connectivity index (χ3v) is 6.03. The molecule has 0 amide bonds. The number of carbonyl (C=O) groups is 2. The van der Waals surface area contributed by atoms with Crippen LogP contribution in [0.15, 0.2) is 66.3 Å². The molecule has 0 saturated heterocycles. The Balaban J connectivity index is 1.35. The molecule has 6 heteroatoms. The summed E-state index contributed by atoms with van der Waals surface area (Å²) in [5, 5.41) is 9.05. The van der Waals surface area contributed by atoms with E-state index in [0.717, 1.165) is 12.0 Å². The summed E-state index contributed by atoms with van der Waals surface area (Å²) in [6, 6.07) is 12.8. The van der Waals surface area contributed by atoms with E-state index < -0.39 is 12.1 Å². The minimum absolute atomic E-state index is 0.0373. The number of ether oxygens (including phenoxy) is 2. The van der Waals surface area contributed by atoms with Gasteiger partial charge in [0.2, 0.25) is 0 Å². The molecule has 0 aromatic heterocycles. The molecule has 0 heterocycles. The first-order chi connectivity index (χ1) is 15.0. The van der Waals surface area contributed by atoms with E-state index in [9.17, 15) is 9.59 Å². The minimum atomic E-state index is -1.04. The summed E-state index contributed by atoms with van der Waals surface area (Å²) in [5.74, 6) is -0.846. The maximum atomic E-state index is 12.2. The molecule has 0 saturated carbocycles. The van der Waals surface area contributed by atoms with E-state index in [1.807, 2.05) is 19.1 Å². The summed E-state index contributed by atoms with van der Waals surface area (Å²) in [5.41, 5.74) is 11.0. The van der Waals surface area contributed by atoms with E-state index >= 15 is 0 Å². The molecule has 0 radical (unpaired) electrons. The molecule has 2 aliphatic rings. The molecule has 3 atom stereocenters. The highest BCUT2D eigenvalue weighted by Crippen LogP contribution is 2.49. The minimum Gasteiger partial charge on any atom is -0.478 e. The van der Waals surface area contributed by atoms with Crippen molar-refractivity contribution in [3.63, 3.8) is 0 Å². The van der Waals surface area contributed by atoms with Gasteiger partial charge in [0.05, 0.1) is 5.56 Å². The summed E-state index contributed by atoms with van der Waals surface area (Å²) < 4.78 is 10.8. The number of anilines is 1. The number of nitrogens with two attached hydrogens (primary N) is 1. The molecule has 0 aliphatic heterocycles. The normalized spacial score (nSPS) is 19.7. The van der Waals surface area contributed by atoms with Gasteiger partial charge in [-0.3, -0.25) is 0 Å². The Morgan fingerprint density at radius 2 is 1.94 bits per heavy atom. The highest BCUT2D eigenvalue weighted by molar-refractivity contribution is 5.89. The number of rotatable bonds is 6. The summed E-state index contributed by atoms with van der Waals surface area (Å²) in [4.78, 5) is 23.3. The van der Waals surface area contributed by atoms with Gasteiger partial charge < -0.3 is 20.3 Å². The Bertz CT molecular complexity index is 1070. The molecule has 31 heavy (non-hydrogen) atoms. The van der Waals surface area contributed by atoms with E-state index in [2.05, 4.69) is 30.4 Å². The quantitative estimate of drug-likeness (QED) is 0.505. The zero-order valence-corrected chi connectivity index (χ0v) is 17.3. The summed E-state index contributed by atoms with van der Waals surface area (Å²) >= 11 is 0. The number of carboxylic acid groups (broad SMARTS) is 1. The monoisotopic (exact) mass is 419 g/mol. The van der Waals surface area contributed by atoms with E-state index in [4.69, 9.17) is 20.3 Å². The maximum absolute atomic E-state index is 12.2. The summed E-state index contributed by atoms with van der Waals surface area (Å²) in [7, 11) is 0. The number of aromatic carboxylic acids is 1. The van der Waals surface area contributed by atoms with Gasteiger partial charge in [-0.25, -0.2) is 9.59 Å². The number of fused-ring (bicyclic) bond motifs is 3. The molecule has 3 unspecified atom stereocenters. The van der Waals surface area contributed by atoms with Crippen molar-refractivity contribution in [1.82, 2.24) is 0 Å². The second-order valence-electron chi connectivity index (χ2n) is 7.99. The van der Waals surface area contributed by atoms with E-state index in [0.29, 0.717) is 11.6 Å². The van der Waals surface area contributed by atoms with Gasteiger partial charge in [-0.05, 0) is 35.2 Å². The third-order valence-electron chi connectivity index (χ3n) is 6.03. The van der Waals surface area contributed by atoms with E-state index in [-0.39, 0.29) is 30.6 Å². The Hall–Kier alpha value is -3.54. The first-order valence-corrected chi connectivity index (χ1v) is 10.3. The van der Waals surface area contributed by atoms with Crippen molar-refractivity contribution in [3.05, 3.63) is 88.5 Å². The predicted molar refractivity (Wildman–Crippen MR) is 117 cm³/mol. The first kappa shape index (κ1) is 20.7. The number of nitrogen functional groups attached to an aromatic ring is 1. The van der Waals surface area contributed by atoms with Crippen LogP contribution in [0.2, 0.25) is 0 Å². The number of hydrogen-bond acceptors (Lipinski definition) is 5. The van der Waals surface area contributed by atoms with Crippen molar-refractivity contribution in [2.75, 3.05) is 18.9 Å². The molecular formula is C25H25NO5. The van der Waals surface area contributed by atoms with E-state index in [1.54, 1.807) is 6.07 Å². The average Bonchev–Trinajstić information content (AvgIpc) is 3.09. The smallest absolute Gasteiger partial charge is 0.478 e. The summed E-state index contributed by atoms with van der Waals surface area (Å²) in [6.07, 6.45) is 6.59. The molecule has 6 nitrogen and oxygen atoms in total. The lowest BCUT2D eigenvalue weighted by Gasteiger charge is -2.19. The lowest BCUT2D eigenvalue weighted by molar-refractivity contribution is 0.0498. The summed E-state index contributed by atoms with van der Waals surface area (Å²) in [6.45, 7) is 2.18. The maximum Gasteiger partial charge on any atom is 0.508 e. The van der Waals surface area contributed by atoms with Crippen molar-refractivity contribution in [2.24, 2.45) is 0 Å². The van der Waals surface area contributed by atoms with Crippen LogP contribution in [0.25, 0.3) is 0 Å². The van der Waals surface area contributed by atoms with Crippen LogP contribution in [0.1, 0.15) is 58.1 Å². The molecule has 0 bridgehead atoms.